The van der Waals surface area contributed by atoms with Crippen molar-refractivity contribution in [3.05, 3.63) is 67.1 Å². The van der Waals surface area contributed by atoms with Gasteiger partial charge >= 0.3 is 0 Å². The number of benzene rings is 2. The highest BCUT2D eigenvalue weighted by Crippen LogP contribution is 2.26. The first-order valence-corrected chi connectivity index (χ1v) is 7.22. The molecule has 0 radical (unpaired) electrons. The van der Waals surface area contributed by atoms with Gasteiger partial charge in [-0.3, -0.25) is 10.1 Å². The first-order valence-electron chi connectivity index (χ1n) is 6.05. The van der Waals surface area contributed by atoms with Crippen LogP contribution in [0.5, 0.6) is 5.75 Å². The van der Waals surface area contributed by atoms with Gasteiger partial charge in [0.25, 0.3) is 5.69 Å². The molecule has 0 aromatic heterocycles. The van der Waals surface area contributed by atoms with Gasteiger partial charge in [-0.1, -0.05) is 27.5 Å². The van der Waals surface area contributed by atoms with Gasteiger partial charge in [-0.15, -0.1) is 0 Å². The molecule has 0 aliphatic rings. The number of hydrogen-bond acceptors (Lipinski definition) is 4. The summed E-state index contributed by atoms with van der Waals surface area (Å²) < 4.78 is 6.62. The Morgan fingerprint density at radius 1 is 1.24 bits per heavy atom. The summed E-state index contributed by atoms with van der Waals surface area (Å²) in [5.41, 5.74) is 7.16. The highest BCUT2D eigenvalue weighted by atomic mass is 79.9. The van der Waals surface area contributed by atoms with Gasteiger partial charge in [0.15, 0.2) is 0 Å². The van der Waals surface area contributed by atoms with Gasteiger partial charge in [0, 0.05) is 34.3 Å². The third kappa shape index (κ3) is 3.93. The van der Waals surface area contributed by atoms with E-state index in [4.69, 9.17) is 22.1 Å². The summed E-state index contributed by atoms with van der Waals surface area (Å²) in [4.78, 5) is 10.2. The lowest BCUT2D eigenvalue weighted by molar-refractivity contribution is -0.384. The lowest BCUT2D eigenvalue weighted by Crippen LogP contribution is -2.03. The molecule has 2 N–H and O–H groups in total. The summed E-state index contributed by atoms with van der Waals surface area (Å²) in [5.74, 6) is 0.662. The average Bonchev–Trinajstić information content (AvgIpc) is 2.46. The molecule has 0 spiro atoms. The Labute approximate surface area is 134 Å². The number of nitro groups is 1. The van der Waals surface area contributed by atoms with Crippen LogP contribution in [0.1, 0.15) is 11.1 Å². The molecule has 2 aromatic rings. The maximum atomic E-state index is 10.7. The van der Waals surface area contributed by atoms with Crippen molar-refractivity contribution in [1.82, 2.24) is 0 Å². The molecule has 0 aliphatic heterocycles. The number of nitro benzene ring substituents is 1. The predicted molar refractivity (Wildman–Crippen MR) is 84.5 cm³/mol. The molecule has 0 saturated carbocycles. The number of non-ortho nitro benzene ring substituents is 1. The van der Waals surface area contributed by atoms with E-state index in [9.17, 15) is 10.1 Å². The van der Waals surface area contributed by atoms with Crippen molar-refractivity contribution in [3.8, 4) is 5.75 Å². The molecule has 110 valence electrons. The fraction of sp³-hybridized carbons (Fsp3) is 0.143. The number of rotatable bonds is 5. The molecule has 0 heterocycles. The zero-order chi connectivity index (χ0) is 15.4. The molecule has 0 amide bonds. The molecule has 7 heteroatoms. The van der Waals surface area contributed by atoms with E-state index in [-0.39, 0.29) is 12.3 Å². The van der Waals surface area contributed by atoms with Crippen LogP contribution in [-0.4, -0.2) is 4.92 Å². The molecule has 0 aliphatic carbocycles. The highest BCUT2D eigenvalue weighted by Gasteiger charge is 2.10. The summed E-state index contributed by atoms with van der Waals surface area (Å²) in [5, 5.41) is 11.0. The Kier molecular flexibility index (Phi) is 5.17. The number of halogens is 2. The summed E-state index contributed by atoms with van der Waals surface area (Å²) in [7, 11) is 0. The van der Waals surface area contributed by atoms with Gasteiger partial charge in [-0.25, -0.2) is 0 Å². The molecule has 2 rings (SSSR count). The van der Waals surface area contributed by atoms with Crippen molar-refractivity contribution in [2.45, 2.75) is 13.2 Å². The fourth-order valence-electron chi connectivity index (χ4n) is 1.77. The van der Waals surface area contributed by atoms with Crippen molar-refractivity contribution in [3.63, 3.8) is 0 Å². The first kappa shape index (κ1) is 15.8. The van der Waals surface area contributed by atoms with E-state index in [0.29, 0.717) is 22.9 Å². The quantitative estimate of drug-likeness (QED) is 0.635. The summed E-state index contributed by atoms with van der Waals surface area (Å²) in [6, 6.07) is 9.84. The van der Waals surface area contributed by atoms with E-state index in [1.165, 1.54) is 12.1 Å². The Hall–Kier alpha value is -1.63. The second-order valence-electron chi connectivity index (χ2n) is 4.28. The summed E-state index contributed by atoms with van der Waals surface area (Å²) in [6.07, 6.45) is 0. The van der Waals surface area contributed by atoms with Crippen LogP contribution < -0.4 is 10.5 Å². The normalized spacial score (nSPS) is 10.4. The van der Waals surface area contributed by atoms with Gasteiger partial charge in [0.1, 0.15) is 12.4 Å². The fourth-order valence-corrected chi connectivity index (χ4v) is 2.41. The third-order valence-corrected chi connectivity index (χ3v) is 3.72. The van der Waals surface area contributed by atoms with Crippen molar-refractivity contribution in [2.24, 2.45) is 5.73 Å². The standard InChI is InChI=1S/C14H12BrClN2O3/c15-11-2-4-14(10(5-11)7-17)21-8-9-1-3-12(18(19)20)6-13(9)16/h1-6H,7-8,17H2. The highest BCUT2D eigenvalue weighted by molar-refractivity contribution is 9.10. The van der Waals surface area contributed by atoms with Crippen LogP contribution in [0.2, 0.25) is 5.02 Å². The monoisotopic (exact) mass is 370 g/mol. The predicted octanol–water partition coefficient (Wildman–Crippen LogP) is 4.05. The van der Waals surface area contributed by atoms with Crippen molar-refractivity contribution in [2.75, 3.05) is 0 Å². The van der Waals surface area contributed by atoms with E-state index < -0.39 is 4.92 Å². The van der Waals surface area contributed by atoms with Crippen molar-refractivity contribution in [1.29, 1.82) is 0 Å². The Bertz CT molecular complexity index is 679. The number of nitrogens with zero attached hydrogens (tertiary/aromatic N) is 1. The lowest BCUT2D eigenvalue weighted by Gasteiger charge is -2.11. The first-order chi connectivity index (χ1) is 10.0. The van der Waals surface area contributed by atoms with E-state index in [2.05, 4.69) is 15.9 Å². The minimum atomic E-state index is -0.488. The number of hydrogen-bond donors (Lipinski definition) is 1. The molecular formula is C14H12BrClN2O3. The van der Waals surface area contributed by atoms with Gasteiger partial charge < -0.3 is 10.5 Å². The van der Waals surface area contributed by atoms with Gasteiger partial charge in [0.2, 0.25) is 0 Å². The van der Waals surface area contributed by atoms with Crippen molar-refractivity contribution >= 4 is 33.2 Å². The average molecular weight is 372 g/mol. The number of nitrogens with two attached hydrogens (primary N) is 1. The third-order valence-electron chi connectivity index (χ3n) is 2.87. The van der Waals surface area contributed by atoms with Crippen LogP contribution in [-0.2, 0) is 13.2 Å². The SMILES string of the molecule is NCc1cc(Br)ccc1OCc1ccc([N+](=O)[O-])cc1Cl. The van der Waals surface area contributed by atoms with Crippen LogP contribution >= 0.6 is 27.5 Å². The molecule has 0 unspecified atom stereocenters. The Balaban J connectivity index is 2.15. The van der Waals surface area contributed by atoms with Crippen LogP contribution in [0.3, 0.4) is 0 Å². The maximum Gasteiger partial charge on any atom is 0.270 e. The molecule has 0 saturated heterocycles. The van der Waals surface area contributed by atoms with Crippen LogP contribution in [0.25, 0.3) is 0 Å². The van der Waals surface area contributed by atoms with E-state index >= 15 is 0 Å². The Morgan fingerprint density at radius 3 is 2.62 bits per heavy atom. The summed E-state index contributed by atoms with van der Waals surface area (Å²) in [6.45, 7) is 0.564. The van der Waals surface area contributed by atoms with E-state index in [1.807, 2.05) is 18.2 Å². The summed E-state index contributed by atoms with van der Waals surface area (Å²) >= 11 is 9.39. The van der Waals surface area contributed by atoms with Crippen LogP contribution in [0.15, 0.2) is 40.9 Å². The molecule has 0 fully saturated rings. The van der Waals surface area contributed by atoms with Gasteiger partial charge in [-0.2, -0.15) is 0 Å². The largest absolute Gasteiger partial charge is 0.489 e. The van der Waals surface area contributed by atoms with E-state index in [0.717, 1.165) is 10.0 Å². The molecule has 5 nitrogen and oxygen atoms in total. The van der Waals surface area contributed by atoms with Crippen LogP contribution in [0, 0.1) is 10.1 Å². The van der Waals surface area contributed by atoms with E-state index in [1.54, 1.807) is 6.07 Å². The maximum absolute atomic E-state index is 10.7. The molecule has 21 heavy (non-hydrogen) atoms. The molecule has 0 bridgehead atoms. The minimum absolute atomic E-state index is 0.0463. The molecule has 2 aromatic carbocycles. The molecular weight excluding hydrogens is 360 g/mol. The number of ether oxygens (including phenoxy) is 1. The van der Waals surface area contributed by atoms with Crippen molar-refractivity contribution < 1.29 is 9.66 Å². The lowest BCUT2D eigenvalue weighted by atomic mass is 10.2. The van der Waals surface area contributed by atoms with Gasteiger partial charge in [-0.05, 0) is 24.3 Å². The topological polar surface area (TPSA) is 78.4 Å². The Morgan fingerprint density at radius 2 is 2.00 bits per heavy atom. The zero-order valence-electron chi connectivity index (χ0n) is 10.9. The zero-order valence-corrected chi connectivity index (χ0v) is 13.2. The van der Waals surface area contributed by atoms with Crippen LogP contribution in [0.4, 0.5) is 5.69 Å². The molecule has 0 atom stereocenters. The van der Waals surface area contributed by atoms with Gasteiger partial charge in [0.05, 0.1) is 9.95 Å². The smallest absolute Gasteiger partial charge is 0.270 e. The second kappa shape index (κ2) is 6.89. The minimum Gasteiger partial charge on any atom is -0.489 e. The second-order valence-corrected chi connectivity index (χ2v) is 5.60.